The van der Waals surface area contributed by atoms with Gasteiger partial charge >= 0.3 is 0 Å². The van der Waals surface area contributed by atoms with Gasteiger partial charge in [0.2, 0.25) is 0 Å². The summed E-state index contributed by atoms with van der Waals surface area (Å²) in [6.07, 6.45) is 4.46. The molecule has 1 aliphatic heterocycles. The summed E-state index contributed by atoms with van der Waals surface area (Å²) < 4.78 is 0. The SMILES string of the molecule is O=C[C@H]1CCCCN1.[HH]. The van der Waals surface area contributed by atoms with Gasteiger partial charge in [0.05, 0.1) is 6.04 Å². The van der Waals surface area contributed by atoms with Gasteiger partial charge in [-0.3, -0.25) is 0 Å². The molecule has 8 heavy (non-hydrogen) atoms. The van der Waals surface area contributed by atoms with E-state index < -0.39 is 0 Å². The molecule has 0 bridgehead atoms. The van der Waals surface area contributed by atoms with E-state index in [1.807, 2.05) is 0 Å². The second kappa shape index (κ2) is 2.82. The summed E-state index contributed by atoms with van der Waals surface area (Å²) >= 11 is 0. The maximum absolute atomic E-state index is 10.1. The molecule has 0 spiro atoms. The van der Waals surface area contributed by atoms with Crippen molar-refractivity contribution < 1.29 is 6.22 Å². The summed E-state index contributed by atoms with van der Waals surface area (Å²) in [5.41, 5.74) is 0. The first kappa shape index (κ1) is 5.76. The van der Waals surface area contributed by atoms with Crippen molar-refractivity contribution in [2.24, 2.45) is 0 Å². The summed E-state index contributed by atoms with van der Waals surface area (Å²) in [7, 11) is 0. The number of rotatable bonds is 1. The Kier molecular flexibility index (Phi) is 2.03. The number of hydrogen-bond donors (Lipinski definition) is 1. The molecule has 1 N–H and O–H groups in total. The molecule has 0 radical (unpaired) electrons. The van der Waals surface area contributed by atoms with Crippen molar-refractivity contribution in [3.8, 4) is 0 Å². The fraction of sp³-hybridized carbons (Fsp3) is 0.833. The zero-order valence-electron chi connectivity index (χ0n) is 4.89. The third kappa shape index (κ3) is 1.30. The van der Waals surface area contributed by atoms with Crippen LogP contribution in [0.1, 0.15) is 20.7 Å². The average molecular weight is 115 g/mol. The van der Waals surface area contributed by atoms with E-state index in [0.29, 0.717) is 0 Å². The molecule has 0 aromatic heterocycles. The molecule has 1 heterocycles. The smallest absolute Gasteiger partial charge is 0.136 e. The second-order valence-corrected chi connectivity index (χ2v) is 2.19. The third-order valence-corrected chi connectivity index (χ3v) is 1.51. The van der Waals surface area contributed by atoms with Crippen molar-refractivity contribution in [1.82, 2.24) is 5.32 Å². The van der Waals surface area contributed by atoms with E-state index in [1.165, 1.54) is 12.8 Å². The van der Waals surface area contributed by atoms with Crippen LogP contribution in [-0.4, -0.2) is 18.9 Å². The van der Waals surface area contributed by atoms with Gasteiger partial charge in [0.15, 0.2) is 0 Å². The lowest BCUT2D eigenvalue weighted by molar-refractivity contribution is -0.110. The van der Waals surface area contributed by atoms with Crippen molar-refractivity contribution in [1.29, 1.82) is 0 Å². The fourth-order valence-electron chi connectivity index (χ4n) is 0.995. The predicted molar refractivity (Wildman–Crippen MR) is 33.8 cm³/mol. The standard InChI is InChI=1S/C6H11NO.H2/c8-5-6-3-1-2-4-7-6;/h5-7H,1-4H2;1H/t6-;/m1./s1. The number of carbonyl (C=O) groups is 1. The Morgan fingerprint density at radius 2 is 2.50 bits per heavy atom. The van der Waals surface area contributed by atoms with E-state index in [0.717, 1.165) is 19.3 Å². The number of nitrogens with one attached hydrogen (secondary N) is 1. The van der Waals surface area contributed by atoms with Crippen LogP contribution in [0, 0.1) is 0 Å². The summed E-state index contributed by atoms with van der Waals surface area (Å²) in [4.78, 5) is 10.1. The monoisotopic (exact) mass is 115 g/mol. The van der Waals surface area contributed by atoms with Crippen molar-refractivity contribution in [2.45, 2.75) is 25.3 Å². The molecule has 0 saturated carbocycles. The van der Waals surface area contributed by atoms with Gasteiger partial charge < -0.3 is 10.1 Å². The van der Waals surface area contributed by atoms with Crippen LogP contribution in [0.2, 0.25) is 0 Å². The van der Waals surface area contributed by atoms with Crippen molar-refractivity contribution in [3.63, 3.8) is 0 Å². The van der Waals surface area contributed by atoms with Crippen LogP contribution >= 0.6 is 0 Å². The van der Waals surface area contributed by atoms with Crippen molar-refractivity contribution in [2.75, 3.05) is 6.54 Å². The van der Waals surface area contributed by atoms with Gasteiger partial charge in [-0.05, 0) is 19.4 Å². The van der Waals surface area contributed by atoms with E-state index in [1.54, 1.807) is 0 Å². The fourth-order valence-corrected chi connectivity index (χ4v) is 0.995. The van der Waals surface area contributed by atoms with Crippen LogP contribution in [0.15, 0.2) is 0 Å². The molecule has 1 aliphatic rings. The van der Waals surface area contributed by atoms with Gasteiger partial charge in [-0.2, -0.15) is 0 Å². The molecule has 48 valence electrons. The number of hydrogen-bond acceptors (Lipinski definition) is 2. The first-order valence-corrected chi connectivity index (χ1v) is 3.12. The largest absolute Gasteiger partial charge is 0.308 e. The molecule has 1 fully saturated rings. The molecular weight excluding hydrogens is 102 g/mol. The maximum Gasteiger partial charge on any atom is 0.136 e. The molecular formula is C6H13NO. The Labute approximate surface area is 50.8 Å². The third-order valence-electron chi connectivity index (χ3n) is 1.51. The summed E-state index contributed by atoms with van der Waals surface area (Å²) in [5, 5.41) is 3.10. The minimum atomic E-state index is 0. The van der Waals surface area contributed by atoms with E-state index >= 15 is 0 Å². The van der Waals surface area contributed by atoms with Gasteiger partial charge in [0, 0.05) is 1.43 Å². The van der Waals surface area contributed by atoms with Gasteiger partial charge in [-0.25, -0.2) is 0 Å². The predicted octanol–water partition coefficient (Wildman–Crippen LogP) is 0.573. The highest BCUT2D eigenvalue weighted by Crippen LogP contribution is 2.03. The van der Waals surface area contributed by atoms with E-state index in [2.05, 4.69) is 5.32 Å². The first-order valence-electron chi connectivity index (χ1n) is 3.12. The number of aldehydes is 1. The minimum Gasteiger partial charge on any atom is -0.308 e. The van der Waals surface area contributed by atoms with Crippen LogP contribution in [0.3, 0.4) is 0 Å². The Morgan fingerprint density at radius 1 is 1.62 bits per heavy atom. The molecule has 0 amide bonds. The minimum absolute atomic E-state index is 0. The Morgan fingerprint density at radius 3 is 2.88 bits per heavy atom. The summed E-state index contributed by atoms with van der Waals surface area (Å²) in [6, 6.07) is 0.156. The quantitative estimate of drug-likeness (QED) is 0.506. The second-order valence-electron chi connectivity index (χ2n) is 2.19. The van der Waals surface area contributed by atoms with Crippen LogP contribution < -0.4 is 5.32 Å². The highest BCUT2D eigenvalue weighted by atomic mass is 16.1. The normalized spacial score (nSPS) is 29.8. The molecule has 2 nitrogen and oxygen atoms in total. The molecule has 0 aromatic rings. The molecule has 1 saturated heterocycles. The van der Waals surface area contributed by atoms with E-state index in [4.69, 9.17) is 0 Å². The van der Waals surface area contributed by atoms with Gasteiger partial charge in [-0.1, -0.05) is 6.42 Å². The molecule has 0 aromatic carbocycles. The number of carbonyl (C=O) groups excluding carboxylic acids is 1. The zero-order valence-corrected chi connectivity index (χ0v) is 4.89. The van der Waals surface area contributed by atoms with Gasteiger partial charge in [-0.15, -0.1) is 0 Å². The van der Waals surface area contributed by atoms with Gasteiger partial charge in [0.25, 0.3) is 0 Å². The zero-order chi connectivity index (χ0) is 5.82. The van der Waals surface area contributed by atoms with E-state index in [-0.39, 0.29) is 7.47 Å². The maximum atomic E-state index is 10.1. The first-order chi connectivity index (χ1) is 3.93. The molecule has 2 heteroatoms. The number of piperidine rings is 1. The molecule has 1 rings (SSSR count). The lowest BCUT2D eigenvalue weighted by Gasteiger charge is -2.17. The summed E-state index contributed by atoms with van der Waals surface area (Å²) in [5.74, 6) is 0. The Balaban J connectivity index is 0.000000640. The highest BCUT2D eigenvalue weighted by molar-refractivity contribution is 5.57. The molecule has 0 aliphatic carbocycles. The van der Waals surface area contributed by atoms with Crippen LogP contribution in [0.4, 0.5) is 0 Å². The Bertz CT molecular complexity index is 81.1. The van der Waals surface area contributed by atoms with Crippen LogP contribution in [0.25, 0.3) is 0 Å². The average Bonchev–Trinajstić information content (AvgIpc) is 1.90. The topological polar surface area (TPSA) is 29.1 Å². The van der Waals surface area contributed by atoms with Crippen molar-refractivity contribution in [3.05, 3.63) is 0 Å². The lowest BCUT2D eigenvalue weighted by atomic mass is 10.1. The highest BCUT2D eigenvalue weighted by Gasteiger charge is 2.09. The van der Waals surface area contributed by atoms with E-state index in [9.17, 15) is 4.79 Å². The van der Waals surface area contributed by atoms with Crippen LogP contribution in [-0.2, 0) is 4.79 Å². The Hall–Kier alpha value is -0.370. The van der Waals surface area contributed by atoms with Gasteiger partial charge in [0.1, 0.15) is 6.29 Å². The molecule has 0 unspecified atom stereocenters. The lowest BCUT2D eigenvalue weighted by Crippen LogP contribution is -2.34. The molecule has 1 atom stereocenters. The summed E-state index contributed by atoms with van der Waals surface area (Å²) in [6.45, 7) is 1.02. The van der Waals surface area contributed by atoms with Crippen LogP contribution in [0.5, 0.6) is 0 Å². The van der Waals surface area contributed by atoms with Crippen molar-refractivity contribution >= 4 is 6.29 Å².